The van der Waals surface area contributed by atoms with E-state index in [1.165, 1.54) is 21.3 Å². The molecule has 13 heteroatoms. The lowest BCUT2D eigenvalue weighted by atomic mass is 9.83. The zero-order valence-electron chi connectivity index (χ0n) is 26.3. The average Bonchev–Trinajstić information content (AvgIpc) is 3.38. The second kappa shape index (κ2) is 15.4. The summed E-state index contributed by atoms with van der Waals surface area (Å²) in [6, 6.07) is -3.67. The quantitative estimate of drug-likeness (QED) is 0.127. The van der Waals surface area contributed by atoms with Crippen LogP contribution in [0.4, 0.5) is 4.79 Å². The van der Waals surface area contributed by atoms with Crippen LogP contribution in [0.2, 0.25) is 0 Å². The van der Waals surface area contributed by atoms with Crippen LogP contribution in [0.15, 0.2) is 0 Å². The smallest absolute Gasteiger partial charge is 0.315 e. The Morgan fingerprint density at radius 2 is 1.57 bits per heavy atom. The van der Waals surface area contributed by atoms with Crippen LogP contribution >= 0.6 is 11.9 Å². The third-order valence-corrected chi connectivity index (χ3v) is 8.69. The minimum absolute atomic E-state index is 0.183. The van der Waals surface area contributed by atoms with Crippen LogP contribution in [0.25, 0.3) is 0 Å². The van der Waals surface area contributed by atoms with Gasteiger partial charge in [-0.3, -0.25) is 19.2 Å². The minimum atomic E-state index is -1.13. The predicted octanol–water partition coefficient (Wildman–Crippen LogP) is 2.73. The summed E-state index contributed by atoms with van der Waals surface area (Å²) < 4.78 is 0.979. The van der Waals surface area contributed by atoms with Gasteiger partial charge in [0.2, 0.25) is 17.6 Å². The zero-order chi connectivity index (χ0) is 31.8. The van der Waals surface area contributed by atoms with Crippen molar-refractivity contribution < 1.29 is 29.2 Å². The number of likely N-dealkylation sites (tertiary alicyclic amines) is 1. The largest absolute Gasteiger partial charge is 0.363 e. The van der Waals surface area contributed by atoms with Crippen LogP contribution in [0.3, 0.4) is 0 Å². The van der Waals surface area contributed by atoms with E-state index >= 15 is 0 Å². The molecule has 1 aliphatic carbocycles. The molecule has 240 valence electrons. The van der Waals surface area contributed by atoms with Gasteiger partial charge in [-0.05, 0) is 76.2 Å². The van der Waals surface area contributed by atoms with Crippen LogP contribution in [0, 0.1) is 11.3 Å². The summed E-state index contributed by atoms with van der Waals surface area (Å²) in [7, 11) is 0. The number of primary amides is 1. The van der Waals surface area contributed by atoms with Gasteiger partial charge in [-0.1, -0.05) is 47.0 Å². The molecule has 2 aliphatic rings. The van der Waals surface area contributed by atoms with E-state index in [0.717, 1.165) is 32.1 Å². The highest BCUT2D eigenvalue weighted by Crippen LogP contribution is 2.31. The third-order valence-electron chi connectivity index (χ3n) is 7.78. The van der Waals surface area contributed by atoms with Gasteiger partial charge in [0.05, 0.1) is 12.6 Å². The zero-order valence-corrected chi connectivity index (χ0v) is 27.1. The summed E-state index contributed by atoms with van der Waals surface area (Å²) in [5.74, 6) is -2.74. The van der Waals surface area contributed by atoms with Gasteiger partial charge in [0.1, 0.15) is 12.1 Å². The summed E-state index contributed by atoms with van der Waals surface area (Å²) in [4.78, 5) is 65.3. The van der Waals surface area contributed by atoms with Gasteiger partial charge in [0.25, 0.3) is 5.91 Å². The fourth-order valence-electron chi connectivity index (χ4n) is 5.62. The number of carbonyl (C=O) groups is 5. The highest BCUT2D eigenvalue weighted by molar-refractivity contribution is 7.98. The molecule has 1 aliphatic heterocycles. The SMILES string of the molecule is CCC(NC(=O)[C@@H]1CCCN1C(=O)C(NC(=O)NC(CN(O)SC(C)(C)C)C1CCCCC1)C(C)(C)C)C(=O)C(N)=O. The summed E-state index contributed by atoms with van der Waals surface area (Å²) in [6.45, 7) is 13.7. The Kier molecular flexibility index (Phi) is 13.1. The fourth-order valence-corrected chi connectivity index (χ4v) is 6.49. The van der Waals surface area contributed by atoms with E-state index in [2.05, 4.69) is 16.0 Å². The second-order valence-electron chi connectivity index (χ2n) is 13.5. The first-order valence-corrected chi connectivity index (χ1v) is 15.9. The number of rotatable bonds is 12. The third kappa shape index (κ3) is 10.7. The Balaban J connectivity index is 2.17. The Bertz CT molecular complexity index is 975. The Morgan fingerprint density at radius 3 is 2.10 bits per heavy atom. The van der Waals surface area contributed by atoms with E-state index in [4.69, 9.17) is 5.73 Å². The maximum absolute atomic E-state index is 13.9. The number of amides is 5. The van der Waals surface area contributed by atoms with Crippen LogP contribution in [0.1, 0.15) is 99.8 Å². The maximum atomic E-state index is 13.9. The molecule has 2 fully saturated rings. The van der Waals surface area contributed by atoms with E-state index in [1.54, 1.807) is 6.92 Å². The van der Waals surface area contributed by atoms with Crippen molar-refractivity contribution in [2.75, 3.05) is 13.1 Å². The Labute approximate surface area is 254 Å². The van der Waals surface area contributed by atoms with Crippen molar-refractivity contribution in [2.45, 2.75) is 129 Å². The Morgan fingerprint density at radius 1 is 0.952 bits per heavy atom. The van der Waals surface area contributed by atoms with Crippen molar-refractivity contribution in [1.82, 2.24) is 25.3 Å². The molecule has 0 bridgehead atoms. The van der Waals surface area contributed by atoms with Crippen LogP contribution in [0.5, 0.6) is 0 Å². The number of hydrogen-bond acceptors (Lipinski definition) is 8. The minimum Gasteiger partial charge on any atom is -0.363 e. The van der Waals surface area contributed by atoms with Gasteiger partial charge >= 0.3 is 6.03 Å². The first-order chi connectivity index (χ1) is 19.4. The van der Waals surface area contributed by atoms with E-state index in [-0.39, 0.29) is 29.7 Å². The van der Waals surface area contributed by atoms with Gasteiger partial charge in [0.15, 0.2) is 0 Å². The fraction of sp³-hybridized carbons (Fsp3) is 0.828. The molecule has 1 heterocycles. The highest BCUT2D eigenvalue weighted by Gasteiger charge is 2.43. The molecule has 2 rings (SSSR count). The van der Waals surface area contributed by atoms with Crippen LogP contribution in [-0.2, 0) is 19.2 Å². The molecule has 3 unspecified atom stereocenters. The lowest BCUT2D eigenvalue weighted by Gasteiger charge is -2.37. The number of hydroxylamine groups is 1. The first-order valence-electron chi connectivity index (χ1n) is 15.1. The summed E-state index contributed by atoms with van der Waals surface area (Å²) >= 11 is 1.30. The molecule has 0 radical (unpaired) electrons. The lowest BCUT2D eigenvalue weighted by molar-refractivity contribution is -0.143. The van der Waals surface area contributed by atoms with E-state index < -0.39 is 53.1 Å². The first kappa shape index (κ1) is 35.8. The molecule has 1 saturated carbocycles. The van der Waals surface area contributed by atoms with Crippen molar-refractivity contribution in [1.29, 1.82) is 0 Å². The Hall–Kier alpha value is -2.38. The van der Waals surface area contributed by atoms with E-state index in [1.807, 2.05) is 41.5 Å². The van der Waals surface area contributed by atoms with Crippen molar-refractivity contribution in [3.8, 4) is 0 Å². The number of ketones is 1. The second-order valence-corrected chi connectivity index (χ2v) is 15.4. The molecule has 5 amide bonds. The number of urea groups is 1. The number of nitrogens with zero attached hydrogens (tertiary/aromatic N) is 2. The molecule has 0 aromatic carbocycles. The number of hydrogen-bond donors (Lipinski definition) is 5. The molecule has 4 atom stereocenters. The molecule has 12 nitrogen and oxygen atoms in total. The van der Waals surface area contributed by atoms with Gasteiger partial charge in [-0.2, -0.15) is 0 Å². The number of Topliss-reactive ketones (excluding diaryl/α,β-unsaturated/α-hetero) is 1. The van der Waals surface area contributed by atoms with Crippen molar-refractivity contribution in [3.05, 3.63) is 0 Å². The number of carbonyl (C=O) groups excluding carboxylic acids is 5. The lowest BCUT2D eigenvalue weighted by Crippen LogP contribution is -2.61. The molecule has 42 heavy (non-hydrogen) atoms. The van der Waals surface area contributed by atoms with Crippen molar-refractivity contribution in [3.63, 3.8) is 0 Å². The standard InChI is InChI=1S/C29H52N6O6S/c1-8-19(22(36)24(30)37)31-25(38)21-15-12-16-34(21)26(39)23(28(2,3)4)33-27(40)32-20(18-13-10-9-11-14-18)17-35(41)42-29(5,6)7/h18-21,23,41H,8-17H2,1-7H3,(H2,30,37)(H,31,38)(H2,32,33,40)/t19?,20?,21-,23?/m0/s1. The molecule has 6 N–H and O–H groups in total. The maximum Gasteiger partial charge on any atom is 0.315 e. The number of nitrogens with one attached hydrogen (secondary N) is 3. The normalized spacial score (nSPS) is 20.5. The van der Waals surface area contributed by atoms with Crippen molar-refractivity contribution >= 4 is 41.5 Å². The van der Waals surface area contributed by atoms with Crippen LogP contribution in [-0.4, -0.2) is 86.1 Å². The van der Waals surface area contributed by atoms with Crippen molar-refractivity contribution in [2.24, 2.45) is 17.1 Å². The predicted molar refractivity (Wildman–Crippen MR) is 162 cm³/mol. The van der Waals surface area contributed by atoms with Gasteiger partial charge < -0.3 is 31.8 Å². The molecule has 0 aromatic heterocycles. The topological polar surface area (TPSA) is 174 Å². The molecular weight excluding hydrogens is 560 g/mol. The van der Waals surface area contributed by atoms with Gasteiger partial charge in [-0.15, -0.1) is 4.47 Å². The molecule has 0 spiro atoms. The van der Waals surface area contributed by atoms with Crippen LogP contribution < -0.4 is 21.7 Å². The van der Waals surface area contributed by atoms with E-state index in [9.17, 15) is 29.2 Å². The van der Waals surface area contributed by atoms with Gasteiger partial charge in [-0.25, -0.2) is 4.79 Å². The summed E-state index contributed by atoms with van der Waals surface area (Å²) in [5.41, 5.74) is 4.44. The monoisotopic (exact) mass is 612 g/mol. The molecule has 0 aromatic rings. The molecule has 1 saturated heterocycles. The average molecular weight is 613 g/mol. The molecular formula is C29H52N6O6S. The number of nitrogens with two attached hydrogens (primary N) is 1. The van der Waals surface area contributed by atoms with E-state index in [0.29, 0.717) is 19.4 Å². The van der Waals surface area contributed by atoms with Gasteiger partial charge in [0, 0.05) is 17.3 Å². The summed E-state index contributed by atoms with van der Waals surface area (Å²) in [5, 5.41) is 19.1. The highest BCUT2D eigenvalue weighted by atomic mass is 32.2. The summed E-state index contributed by atoms with van der Waals surface area (Å²) in [6.07, 6.45) is 6.32.